The zero-order valence-corrected chi connectivity index (χ0v) is 13.4. The van der Waals surface area contributed by atoms with E-state index in [2.05, 4.69) is 17.9 Å². The van der Waals surface area contributed by atoms with Crippen LogP contribution in [0, 0.1) is 5.92 Å². The summed E-state index contributed by atoms with van der Waals surface area (Å²) in [5.41, 5.74) is 2.86. The molecule has 3 rings (SSSR count). The van der Waals surface area contributed by atoms with Gasteiger partial charge in [-0.3, -0.25) is 4.90 Å². The van der Waals surface area contributed by atoms with Crippen LogP contribution in [-0.2, 0) is 6.42 Å². The minimum absolute atomic E-state index is 0.424. The summed E-state index contributed by atoms with van der Waals surface area (Å²) in [5.74, 6) is 1.37. The molecule has 1 aliphatic carbocycles. The molecule has 1 aromatic rings. The number of aromatic hydroxyl groups is 1. The van der Waals surface area contributed by atoms with E-state index in [0.717, 1.165) is 12.3 Å². The lowest BCUT2D eigenvalue weighted by molar-refractivity contribution is 0.182. The fourth-order valence-electron chi connectivity index (χ4n) is 4.35. The first-order chi connectivity index (χ1) is 10.3. The molecule has 2 heteroatoms. The maximum absolute atomic E-state index is 9.71. The van der Waals surface area contributed by atoms with E-state index < -0.39 is 0 Å². The first kappa shape index (κ1) is 14.9. The first-order valence-corrected chi connectivity index (χ1v) is 8.83. The minimum Gasteiger partial charge on any atom is -0.508 e. The average molecular weight is 287 g/mol. The Hall–Kier alpha value is -1.02. The van der Waals surface area contributed by atoms with Gasteiger partial charge < -0.3 is 5.11 Å². The van der Waals surface area contributed by atoms with Gasteiger partial charge >= 0.3 is 0 Å². The van der Waals surface area contributed by atoms with E-state index >= 15 is 0 Å². The first-order valence-electron chi connectivity index (χ1n) is 8.83. The molecule has 21 heavy (non-hydrogen) atoms. The largest absolute Gasteiger partial charge is 0.508 e. The van der Waals surface area contributed by atoms with Crippen molar-refractivity contribution in [1.29, 1.82) is 0 Å². The number of fused-ring (bicyclic) bond motifs is 1. The molecule has 1 aliphatic heterocycles. The van der Waals surface area contributed by atoms with Crippen molar-refractivity contribution in [1.82, 2.24) is 4.90 Å². The lowest BCUT2D eigenvalue weighted by Crippen LogP contribution is -2.32. The van der Waals surface area contributed by atoms with Gasteiger partial charge in [0.25, 0.3) is 0 Å². The number of likely N-dealkylation sites (tertiary alicyclic amines) is 1. The normalized spacial score (nSPS) is 27.1. The molecular formula is C19H29NO. The molecule has 0 aromatic heterocycles. The Labute approximate surface area is 129 Å². The average Bonchev–Trinajstić information content (AvgIpc) is 2.72. The number of hydrogen-bond donors (Lipinski definition) is 1. The highest BCUT2D eigenvalue weighted by molar-refractivity contribution is 5.38. The third-order valence-electron chi connectivity index (χ3n) is 5.43. The summed E-state index contributed by atoms with van der Waals surface area (Å²) in [5, 5.41) is 9.71. The van der Waals surface area contributed by atoms with E-state index in [1.54, 1.807) is 0 Å². The predicted octanol–water partition coefficient (Wildman–Crippen LogP) is 4.67. The van der Waals surface area contributed by atoms with E-state index in [-0.39, 0.29) is 0 Å². The Morgan fingerprint density at radius 2 is 2.05 bits per heavy atom. The Morgan fingerprint density at radius 1 is 1.14 bits per heavy atom. The molecule has 0 spiro atoms. The summed E-state index contributed by atoms with van der Waals surface area (Å²) in [6, 6.07) is 6.62. The van der Waals surface area contributed by atoms with Crippen molar-refractivity contribution in [2.75, 3.05) is 13.1 Å². The van der Waals surface area contributed by atoms with Gasteiger partial charge in [0.1, 0.15) is 5.75 Å². The summed E-state index contributed by atoms with van der Waals surface area (Å²) in [7, 11) is 0. The maximum Gasteiger partial charge on any atom is 0.115 e. The van der Waals surface area contributed by atoms with Crippen LogP contribution in [0.1, 0.15) is 69.0 Å². The molecule has 0 amide bonds. The third kappa shape index (κ3) is 3.42. The molecule has 1 fully saturated rings. The number of hydrogen-bond acceptors (Lipinski definition) is 2. The Bertz CT molecular complexity index is 471. The van der Waals surface area contributed by atoms with Crippen LogP contribution in [0.5, 0.6) is 5.75 Å². The number of phenolic OH excluding ortho intramolecular Hbond substituents is 1. The molecule has 0 radical (unpaired) electrons. The van der Waals surface area contributed by atoms with E-state index in [4.69, 9.17) is 0 Å². The van der Waals surface area contributed by atoms with E-state index in [1.165, 1.54) is 69.2 Å². The Morgan fingerprint density at radius 3 is 2.90 bits per heavy atom. The molecule has 1 N–H and O–H groups in total. The summed E-state index contributed by atoms with van der Waals surface area (Å²) in [6.45, 7) is 4.83. The monoisotopic (exact) mass is 287 g/mol. The number of aryl methyl sites for hydroxylation is 1. The lowest BCUT2D eigenvalue weighted by Gasteiger charge is -2.35. The highest BCUT2D eigenvalue weighted by Gasteiger charge is 2.27. The van der Waals surface area contributed by atoms with Crippen LogP contribution in [0.4, 0.5) is 0 Å². The van der Waals surface area contributed by atoms with Crippen LogP contribution in [-0.4, -0.2) is 23.1 Å². The summed E-state index contributed by atoms with van der Waals surface area (Å²) in [4.78, 5) is 2.73. The van der Waals surface area contributed by atoms with Gasteiger partial charge in [-0.15, -0.1) is 0 Å². The zero-order chi connectivity index (χ0) is 14.7. The van der Waals surface area contributed by atoms with Crippen molar-refractivity contribution in [3.05, 3.63) is 29.3 Å². The number of phenols is 1. The van der Waals surface area contributed by atoms with E-state index in [1.807, 2.05) is 12.1 Å². The zero-order valence-electron chi connectivity index (χ0n) is 13.4. The molecule has 0 bridgehead atoms. The standard InChI is InChI=1S/C19H29NO/c1-2-5-15-6-4-12-20(13-11-15)19-8-3-7-16-14-17(21)9-10-18(16)19/h9-10,14-15,19,21H,2-8,11-13H2,1H3. The summed E-state index contributed by atoms with van der Waals surface area (Å²) in [6.07, 6.45) is 10.6. The van der Waals surface area contributed by atoms with Gasteiger partial charge in [0.2, 0.25) is 0 Å². The number of rotatable bonds is 3. The van der Waals surface area contributed by atoms with Gasteiger partial charge in [0.05, 0.1) is 0 Å². The smallest absolute Gasteiger partial charge is 0.115 e. The van der Waals surface area contributed by atoms with Crippen molar-refractivity contribution in [2.45, 2.75) is 64.3 Å². The number of nitrogens with zero attached hydrogens (tertiary/aromatic N) is 1. The van der Waals surface area contributed by atoms with Crippen LogP contribution in [0.25, 0.3) is 0 Å². The van der Waals surface area contributed by atoms with E-state index in [0.29, 0.717) is 11.8 Å². The molecule has 2 atom stereocenters. The van der Waals surface area contributed by atoms with Gasteiger partial charge in [0.15, 0.2) is 0 Å². The topological polar surface area (TPSA) is 23.5 Å². The third-order valence-corrected chi connectivity index (χ3v) is 5.43. The molecule has 2 unspecified atom stereocenters. The Balaban J connectivity index is 1.73. The molecule has 1 saturated heterocycles. The van der Waals surface area contributed by atoms with Crippen LogP contribution < -0.4 is 0 Å². The summed E-state index contributed by atoms with van der Waals surface area (Å²) < 4.78 is 0. The van der Waals surface area contributed by atoms with Gasteiger partial charge in [-0.1, -0.05) is 25.8 Å². The van der Waals surface area contributed by atoms with Gasteiger partial charge in [-0.05, 0) is 80.8 Å². The van der Waals surface area contributed by atoms with Crippen molar-refractivity contribution in [2.24, 2.45) is 5.92 Å². The molecule has 0 saturated carbocycles. The second-order valence-electron chi connectivity index (χ2n) is 6.91. The second kappa shape index (κ2) is 6.83. The highest BCUT2D eigenvalue weighted by Crippen LogP contribution is 2.37. The minimum atomic E-state index is 0.424. The molecule has 2 nitrogen and oxygen atoms in total. The fraction of sp³-hybridized carbons (Fsp3) is 0.684. The van der Waals surface area contributed by atoms with Crippen molar-refractivity contribution in [3.8, 4) is 5.75 Å². The fourth-order valence-corrected chi connectivity index (χ4v) is 4.35. The lowest BCUT2D eigenvalue weighted by atomic mass is 9.86. The molecule has 116 valence electrons. The molecule has 1 aromatic carbocycles. The summed E-state index contributed by atoms with van der Waals surface area (Å²) >= 11 is 0. The van der Waals surface area contributed by atoms with Crippen molar-refractivity contribution in [3.63, 3.8) is 0 Å². The van der Waals surface area contributed by atoms with Crippen LogP contribution in [0.2, 0.25) is 0 Å². The van der Waals surface area contributed by atoms with Gasteiger partial charge in [-0.25, -0.2) is 0 Å². The quantitative estimate of drug-likeness (QED) is 0.873. The molecule has 1 heterocycles. The van der Waals surface area contributed by atoms with Crippen LogP contribution >= 0.6 is 0 Å². The predicted molar refractivity (Wildman–Crippen MR) is 87.6 cm³/mol. The molecule has 2 aliphatic rings. The van der Waals surface area contributed by atoms with Crippen LogP contribution in [0.15, 0.2) is 18.2 Å². The van der Waals surface area contributed by atoms with Crippen molar-refractivity contribution >= 4 is 0 Å². The maximum atomic E-state index is 9.71. The van der Waals surface area contributed by atoms with Crippen LogP contribution in [0.3, 0.4) is 0 Å². The highest BCUT2D eigenvalue weighted by atomic mass is 16.3. The second-order valence-corrected chi connectivity index (χ2v) is 6.91. The SMILES string of the molecule is CCCC1CCCN(C2CCCc3cc(O)ccc32)CC1. The van der Waals surface area contributed by atoms with Gasteiger partial charge in [0, 0.05) is 6.04 Å². The van der Waals surface area contributed by atoms with Crippen molar-refractivity contribution < 1.29 is 5.11 Å². The Kier molecular flexibility index (Phi) is 4.84. The molecular weight excluding hydrogens is 258 g/mol. The van der Waals surface area contributed by atoms with Gasteiger partial charge in [-0.2, -0.15) is 0 Å². The number of benzene rings is 1. The van der Waals surface area contributed by atoms with E-state index in [9.17, 15) is 5.11 Å².